The smallest absolute Gasteiger partial charge is 0.387 e. The van der Waals surface area contributed by atoms with Crippen molar-refractivity contribution in [1.82, 2.24) is 5.32 Å². The lowest BCUT2D eigenvalue weighted by molar-refractivity contribution is -0.137. The van der Waals surface area contributed by atoms with Gasteiger partial charge in [0.1, 0.15) is 0 Å². The Kier molecular flexibility index (Phi) is 6.45. The number of aliphatic hydroxyl groups is 1. The number of carbonyl (C=O) groups excluding carboxylic acids is 2. The number of anilines is 1. The summed E-state index contributed by atoms with van der Waals surface area (Å²) in [6.45, 7) is 1.44. The standard InChI is InChI=1S/C18H16ClF3N2O3/c1-10-2-7-13(8-14(10)19)24-17(27)16(26)23-9-15(25)11-3-5-12(6-4-11)18(20,21)22/h2-8,15,25H,9H2,1H3,(H,23,26)(H,24,27). The van der Waals surface area contributed by atoms with Gasteiger partial charge in [0.15, 0.2) is 0 Å². The second-order valence-electron chi connectivity index (χ2n) is 5.76. The molecule has 9 heteroatoms. The molecule has 0 aromatic heterocycles. The molecule has 144 valence electrons. The molecule has 3 N–H and O–H groups in total. The summed E-state index contributed by atoms with van der Waals surface area (Å²) in [5, 5.41) is 14.9. The maximum absolute atomic E-state index is 12.5. The monoisotopic (exact) mass is 400 g/mol. The van der Waals surface area contributed by atoms with Crippen LogP contribution >= 0.6 is 11.6 Å². The number of halogens is 4. The number of rotatable bonds is 4. The second kappa shape index (κ2) is 8.41. The Morgan fingerprint density at radius 3 is 2.30 bits per heavy atom. The highest BCUT2D eigenvalue weighted by Crippen LogP contribution is 2.29. The molecule has 0 radical (unpaired) electrons. The Labute approximate surface area is 158 Å². The van der Waals surface area contributed by atoms with E-state index in [1.54, 1.807) is 19.1 Å². The van der Waals surface area contributed by atoms with Crippen molar-refractivity contribution in [3.8, 4) is 0 Å². The van der Waals surface area contributed by atoms with Crippen molar-refractivity contribution >= 4 is 29.1 Å². The second-order valence-corrected chi connectivity index (χ2v) is 6.17. The Morgan fingerprint density at radius 1 is 1.11 bits per heavy atom. The summed E-state index contributed by atoms with van der Waals surface area (Å²) < 4.78 is 37.6. The molecule has 0 heterocycles. The average molecular weight is 401 g/mol. The van der Waals surface area contributed by atoms with Crippen molar-refractivity contribution < 1.29 is 27.9 Å². The summed E-state index contributed by atoms with van der Waals surface area (Å²) >= 11 is 5.93. The van der Waals surface area contributed by atoms with E-state index in [0.29, 0.717) is 10.7 Å². The van der Waals surface area contributed by atoms with E-state index in [4.69, 9.17) is 11.6 Å². The molecule has 2 aromatic carbocycles. The van der Waals surface area contributed by atoms with Crippen LogP contribution in [-0.2, 0) is 15.8 Å². The number of nitrogens with one attached hydrogen (secondary N) is 2. The maximum atomic E-state index is 12.5. The molecular formula is C18H16ClF3N2O3. The average Bonchev–Trinajstić information content (AvgIpc) is 2.61. The van der Waals surface area contributed by atoms with E-state index in [0.717, 1.165) is 29.8 Å². The topological polar surface area (TPSA) is 78.4 Å². The lowest BCUT2D eigenvalue weighted by Gasteiger charge is -2.14. The fourth-order valence-electron chi connectivity index (χ4n) is 2.14. The minimum Gasteiger partial charge on any atom is -0.387 e. The van der Waals surface area contributed by atoms with Crippen LogP contribution in [0.1, 0.15) is 22.8 Å². The molecule has 0 bridgehead atoms. The van der Waals surface area contributed by atoms with E-state index in [2.05, 4.69) is 10.6 Å². The predicted octanol–water partition coefficient (Wildman–Crippen LogP) is 3.46. The lowest BCUT2D eigenvalue weighted by atomic mass is 10.1. The molecule has 0 saturated carbocycles. The number of aliphatic hydroxyl groups excluding tert-OH is 1. The number of alkyl halides is 3. The molecule has 2 amide bonds. The maximum Gasteiger partial charge on any atom is 0.416 e. The molecule has 5 nitrogen and oxygen atoms in total. The van der Waals surface area contributed by atoms with Gasteiger partial charge in [-0.2, -0.15) is 13.2 Å². The van der Waals surface area contributed by atoms with Crippen molar-refractivity contribution in [3.63, 3.8) is 0 Å². The van der Waals surface area contributed by atoms with Crippen LogP contribution in [0.15, 0.2) is 42.5 Å². The molecule has 0 fully saturated rings. The van der Waals surface area contributed by atoms with Gasteiger partial charge in [-0.3, -0.25) is 9.59 Å². The number of carbonyl (C=O) groups is 2. The van der Waals surface area contributed by atoms with Crippen LogP contribution in [0.25, 0.3) is 0 Å². The first-order chi connectivity index (χ1) is 12.6. The van der Waals surface area contributed by atoms with Gasteiger partial charge < -0.3 is 15.7 Å². The molecule has 2 aromatic rings. The van der Waals surface area contributed by atoms with Gasteiger partial charge in [-0.25, -0.2) is 0 Å². The zero-order valence-electron chi connectivity index (χ0n) is 14.1. The van der Waals surface area contributed by atoms with Crippen LogP contribution in [0.3, 0.4) is 0 Å². The third-order valence-corrected chi connectivity index (χ3v) is 4.12. The highest BCUT2D eigenvalue weighted by molar-refractivity contribution is 6.39. The molecule has 27 heavy (non-hydrogen) atoms. The summed E-state index contributed by atoms with van der Waals surface area (Å²) in [7, 11) is 0. The molecular weight excluding hydrogens is 385 g/mol. The zero-order chi connectivity index (χ0) is 20.2. The summed E-state index contributed by atoms with van der Waals surface area (Å²) in [5.41, 5.74) is 0.459. The number of hydrogen-bond acceptors (Lipinski definition) is 3. The van der Waals surface area contributed by atoms with Crippen molar-refractivity contribution in [3.05, 3.63) is 64.2 Å². The SMILES string of the molecule is Cc1ccc(NC(=O)C(=O)NCC(O)c2ccc(C(F)(F)F)cc2)cc1Cl. The fourth-order valence-corrected chi connectivity index (χ4v) is 2.32. The van der Waals surface area contributed by atoms with Gasteiger partial charge in [0, 0.05) is 17.3 Å². The van der Waals surface area contributed by atoms with Gasteiger partial charge in [-0.15, -0.1) is 0 Å². The van der Waals surface area contributed by atoms with Gasteiger partial charge in [0.25, 0.3) is 0 Å². The Hall–Kier alpha value is -2.58. The molecule has 0 spiro atoms. The van der Waals surface area contributed by atoms with Crippen LogP contribution in [0.4, 0.5) is 18.9 Å². The van der Waals surface area contributed by atoms with Gasteiger partial charge in [0.2, 0.25) is 0 Å². The largest absolute Gasteiger partial charge is 0.416 e. The van der Waals surface area contributed by atoms with Crippen molar-refractivity contribution in [2.24, 2.45) is 0 Å². The normalized spacial score (nSPS) is 12.4. The highest BCUT2D eigenvalue weighted by Gasteiger charge is 2.30. The van der Waals surface area contributed by atoms with Gasteiger partial charge in [0.05, 0.1) is 11.7 Å². The fraction of sp³-hybridized carbons (Fsp3) is 0.222. The van der Waals surface area contributed by atoms with Crippen LogP contribution < -0.4 is 10.6 Å². The number of benzene rings is 2. The minimum absolute atomic E-state index is 0.175. The quantitative estimate of drug-likeness (QED) is 0.688. The first-order valence-electron chi connectivity index (χ1n) is 7.78. The Balaban J connectivity index is 1.90. The van der Waals surface area contributed by atoms with Crippen LogP contribution in [0, 0.1) is 6.92 Å². The zero-order valence-corrected chi connectivity index (χ0v) is 14.9. The molecule has 0 aliphatic rings. The summed E-state index contributed by atoms with van der Waals surface area (Å²) in [5.74, 6) is -1.97. The summed E-state index contributed by atoms with van der Waals surface area (Å²) in [6.07, 6.45) is -5.74. The first-order valence-corrected chi connectivity index (χ1v) is 8.16. The van der Waals surface area contributed by atoms with Crippen molar-refractivity contribution in [2.75, 3.05) is 11.9 Å². The molecule has 2 rings (SSSR count). The Morgan fingerprint density at radius 2 is 1.74 bits per heavy atom. The molecule has 1 unspecified atom stereocenters. The summed E-state index contributed by atoms with van der Waals surface area (Å²) in [6, 6.07) is 8.59. The van der Waals surface area contributed by atoms with Crippen LogP contribution in [-0.4, -0.2) is 23.5 Å². The van der Waals surface area contributed by atoms with Gasteiger partial charge >= 0.3 is 18.0 Å². The summed E-state index contributed by atoms with van der Waals surface area (Å²) in [4.78, 5) is 23.6. The first kappa shape index (κ1) is 20.7. The van der Waals surface area contributed by atoms with E-state index in [-0.39, 0.29) is 12.1 Å². The number of hydrogen-bond donors (Lipinski definition) is 3. The molecule has 0 aliphatic heterocycles. The highest BCUT2D eigenvalue weighted by atomic mass is 35.5. The third kappa shape index (κ3) is 5.70. The van der Waals surface area contributed by atoms with Crippen molar-refractivity contribution in [2.45, 2.75) is 19.2 Å². The molecule has 0 aliphatic carbocycles. The van der Waals surface area contributed by atoms with Crippen LogP contribution in [0.2, 0.25) is 5.02 Å². The third-order valence-electron chi connectivity index (χ3n) is 3.71. The lowest BCUT2D eigenvalue weighted by Crippen LogP contribution is -2.37. The van der Waals surface area contributed by atoms with E-state index in [1.807, 2.05) is 0 Å². The Bertz CT molecular complexity index is 839. The van der Waals surface area contributed by atoms with Crippen molar-refractivity contribution in [1.29, 1.82) is 0 Å². The number of aryl methyl sites for hydroxylation is 1. The molecule has 0 saturated heterocycles. The minimum atomic E-state index is -4.48. The van der Waals surface area contributed by atoms with E-state index >= 15 is 0 Å². The van der Waals surface area contributed by atoms with Gasteiger partial charge in [-0.05, 0) is 42.3 Å². The predicted molar refractivity (Wildman–Crippen MR) is 94.2 cm³/mol. The van der Waals surface area contributed by atoms with Gasteiger partial charge in [-0.1, -0.05) is 29.8 Å². The van der Waals surface area contributed by atoms with E-state index in [9.17, 15) is 27.9 Å². The van der Waals surface area contributed by atoms with E-state index in [1.165, 1.54) is 6.07 Å². The molecule has 1 atom stereocenters. The van der Waals surface area contributed by atoms with Crippen LogP contribution in [0.5, 0.6) is 0 Å². The van der Waals surface area contributed by atoms with E-state index < -0.39 is 29.7 Å². The number of amides is 2.